The van der Waals surface area contributed by atoms with Crippen LogP contribution in [-0.2, 0) is 9.53 Å². The maximum Gasteiger partial charge on any atom is 0.305 e. The summed E-state index contributed by atoms with van der Waals surface area (Å²) >= 11 is 0. The second-order valence-electron chi connectivity index (χ2n) is 3.63. The zero-order valence-corrected chi connectivity index (χ0v) is 7.35. The predicted molar refractivity (Wildman–Crippen MR) is 43.2 cm³/mol. The molecule has 1 heterocycles. The van der Waals surface area contributed by atoms with Crippen molar-refractivity contribution in [2.75, 3.05) is 6.61 Å². The molecular formula is C9H16O2. The molecule has 0 aromatic carbocycles. The topological polar surface area (TPSA) is 26.3 Å². The Kier molecular flexibility index (Phi) is 2.53. The standard InChI is InChI=1S/C9H16O2/c1-3-9(2)5-4-8(10)11-7-6-9/h3-7H2,1-2H3/t9-/m0/s1. The van der Waals surface area contributed by atoms with Crippen LogP contribution in [0.2, 0.25) is 0 Å². The molecule has 0 amide bonds. The Hall–Kier alpha value is -0.530. The lowest BCUT2D eigenvalue weighted by atomic mass is 9.80. The Morgan fingerprint density at radius 1 is 1.55 bits per heavy atom. The van der Waals surface area contributed by atoms with E-state index in [9.17, 15) is 4.79 Å². The van der Waals surface area contributed by atoms with Gasteiger partial charge in [0.1, 0.15) is 0 Å². The van der Waals surface area contributed by atoms with Gasteiger partial charge in [0.2, 0.25) is 0 Å². The molecule has 0 aromatic rings. The molecule has 0 bridgehead atoms. The zero-order chi connectivity index (χ0) is 8.32. The van der Waals surface area contributed by atoms with Gasteiger partial charge in [-0.15, -0.1) is 0 Å². The van der Waals surface area contributed by atoms with Gasteiger partial charge in [-0.3, -0.25) is 4.79 Å². The number of cyclic esters (lactones) is 1. The number of carbonyl (C=O) groups is 1. The van der Waals surface area contributed by atoms with Crippen molar-refractivity contribution >= 4 is 5.97 Å². The van der Waals surface area contributed by atoms with Crippen LogP contribution in [-0.4, -0.2) is 12.6 Å². The normalized spacial score (nSPS) is 32.7. The van der Waals surface area contributed by atoms with Gasteiger partial charge >= 0.3 is 5.97 Å². The van der Waals surface area contributed by atoms with E-state index in [1.54, 1.807) is 0 Å². The molecule has 1 saturated heterocycles. The number of ether oxygens (including phenoxy) is 1. The largest absolute Gasteiger partial charge is 0.466 e. The number of rotatable bonds is 1. The second kappa shape index (κ2) is 3.24. The first-order valence-corrected chi connectivity index (χ1v) is 4.32. The minimum atomic E-state index is -0.0258. The van der Waals surface area contributed by atoms with E-state index >= 15 is 0 Å². The minimum Gasteiger partial charge on any atom is -0.466 e. The van der Waals surface area contributed by atoms with Crippen molar-refractivity contribution in [1.82, 2.24) is 0 Å². The molecule has 1 rings (SSSR count). The van der Waals surface area contributed by atoms with Crippen molar-refractivity contribution in [2.24, 2.45) is 5.41 Å². The molecule has 64 valence electrons. The Bertz CT molecular complexity index is 154. The van der Waals surface area contributed by atoms with Crippen LogP contribution in [0.4, 0.5) is 0 Å². The predicted octanol–water partition coefficient (Wildman–Crippen LogP) is 2.13. The third kappa shape index (κ3) is 2.21. The summed E-state index contributed by atoms with van der Waals surface area (Å²) in [4.78, 5) is 10.9. The first-order valence-electron chi connectivity index (χ1n) is 4.32. The lowest BCUT2D eigenvalue weighted by molar-refractivity contribution is -0.142. The smallest absolute Gasteiger partial charge is 0.305 e. The fraction of sp³-hybridized carbons (Fsp3) is 0.889. The summed E-state index contributed by atoms with van der Waals surface area (Å²) < 4.78 is 4.96. The van der Waals surface area contributed by atoms with Crippen molar-refractivity contribution in [3.05, 3.63) is 0 Å². The highest BCUT2D eigenvalue weighted by atomic mass is 16.5. The van der Waals surface area contributed by atoms with Gasteiger partial charge in [-0.2, -0.15) is 0 Å². The summed E-state index contributed by atoms with van der Waals surface area (Å²) in [5.74, 6) is -0.0258. The van der Waals surface area contributed by atoms with Crippen LogP contribution in [0.3, 0.4) is 0 Å². The van der Waals surface area contributed by atoms with Crippen molar-refractivity contribution in [2.45, 2.75) is 39.5 Å². The molecule has 1 aliphatic heterocycles. The Balaban J connectivity index is 2.52. The molecule has 0 saturated carbocycles. The first-order chi connectivity index (χ1) is 5.16. The van der Waals surface area contributed by atoms with E-state index in [0.29, 0.717) is 18.4 Å². The van der Waals surface area contributed by atoms with Crippen molar-refractivity contribution in [3.63, 3.8) is 0 Å². The number of esters is 1. The van der Waals surface area contributed by atoms with E-state index in [1.807, 2.05) is 0 Å². The molecule has 1 fully saturated rings. The second-order valence-corrected chi connectivity index (χ2v) is 3.63. The number of hydrogen-bond donors (Lipinski definition) is 0. The van der Waals surface area contributed by atoms with E-state index in [0.717, 1.165) is 19.3 Å². The van der Waals surface area contributed by atoms with Crippen molar-refractivity contribution < 1.29 is 9.53 Å². The van der Waals surface area contributed by atoms with Crippen LogP contribution in [0.1, 0.15) is 39.5 Å². The first kappa shape index (κ1) is 8.57. The van der Waals surface area contributed by atoms with Gasteiger partial charge < -0.3 is 4.74 Å². The lowest BCUT2D eigenvalue weighted by Crippen LogP contribution is -2.14. The monoisotopic (exact) mass is 156 g/mol. The number of hydrogen-bond acceptors (Lipinski definition) is 2. The fourth-order valence-corrected chi connectivity index (χ4v) is 1.37. The van der Waals surface area contributed by atoms with Gasteiger partial charge in [0, 0.05) is 6.42 Å². The average Bonchev–Trinajstić information content (AvgIpc) is 2.15. The van der Waals surface area contributed by atoms with Crippen LogP contribution in [0.25, 0.3) is 0 Å². The molecule has 0 radical (unpaired) electrons. The molecule has 11 heavy (non-hydrogen) atoms. The Labute approximate surface area is 67.9 Å². The SMILES string of the molecule is CC[C@]1(C)CCOC(=O)CC1. The maximum absolute atomic E-state index is 10.9. The van der Waals surface area contributed by atoms with Crippen LogP contribution >= 0.6 is 0 Å². The molecule has 0 N–H and O–H groups in total. The Morgan fingerprint density at radius 2 is 2.27 bits per heavy atom. The van der Waals surface area contributed by atoms with E-state index in [-0.39, 0.29) is 5.97 Å². The van der Waals surface area contributed by atoms with Gasteiger partial charge in [-0.25, -0.2) is 0 Å². The highest BCUT2D eigenvalue weighted by Gasteiger charge is 2.26. The third-order valence-electron chi connectivity index (χ3n) is 2.75. The minimum absolute atomic E-state index is 0.0258. The van der Waals surface area contributed by atoms with Crippen LogP contribution in [0, 0.1) is 5.41 Å². The van der Waals surface area contributed by atoms with Crippen LogP contribution in [0.5, 0.6) is 0 Å². The van der Waals surface area contributed by atoms with E-state index in [1.165, 1.54) is 0 Å². The highest BCUT2D eigenvalue weighted by molar-refractivity contribution is 5.69. The highest BCUT2D eigenvalue weighted by Crippen LogP contribution is 2.33. The van der Waals surface area contributed by atoms with E-state index in [2.05, 4.69) is 13.8 Å². The summed E-state index contributed by atoms with van der Waals surface area (Å²) in [6, 6.07) is 0. The molecular weight excluding hydrogens is 140 g/mol. The Morgan fingerprint density at radius 3 is 2.91 bits per heavy atom. The van der Waals surface area contributed by atoms with Crippen LogP contribution in [0.15, 0.2) is 0 Å². The van der Waals surface area contributed by atoms with Crippen molar-refractivity contribution in [1.29, 1.82) is 0 Å². The summed E-state index contributed by atoms with van der Waals surface area (Å²) in [5, 5.41) is 0. The summed E-state index contributed by atoms with van der Waals surface area (Å²) in [7, 11) is 0. The van der Waals surface area contributed by atoms with Gasteiger partial charge in [0.25, 0.3) is 0 Å². The molecule has 2 heteroatoms. The van der Waals surface area contributed by atoms with Gasteiger partial charge in [0.05, 0.1) is 6.61 Å². The quantitative estimate of drug-likeness (QED) is 0.544. The molecule has 0 aliphatic carbocycles. The maximum atomic E-state index is 10.9. The zero-order valence-electron chi connectivity index (χ0n) is 7.35. The van der Waals surface area contributed by atoms with Gasteiger partial charge in [-0.1, -0.05) is 20.3 Å². The molecule has 0 spiro atoms. The summed E-state index contributed by atoms with van der Waals surface area (Å²) in [5.41, 5.74) is 0.339. The summed E-state index contributed by atoms with van der Waals surface area (Å²) in [6.45, 7) is 5.02. The lowest BCUT2D eigenvalue weighted by Gasteiger charge is -2.24. The van der Waals surface area contributed by atoms with Gasteiger partial charge in [-0.05, 0) is 18.3 Å². The molecule has 0 unspecified atom stereocenters. The van der Waals surface area contributed by atoms with E-state index in [4.69, 9.17) is 4.74 Å². The van der Waals surface area contributed by atoms with Crippen molar-refractivity contribution in [3.8, 4) is 0 Å². The van der Waals surface area contributed by atoms with E-state index < -0.39 is 0 Å². The van der Waals surface area contributed by atoms with Gasteiger partial charge in [0.15, 0.2) is 0 Å². The number of carbonyl (C=O) groups excluding carboxylic acids is 1. The van der Waals surface area contributed by atoms with Crippen LogP contribution < -0.4 is 0 Å². The molecule has 2 nitrogen and oxygen atoms in total. The fourth-order valence-electron chi connectivity index (χ4n) is 1.37. The molecule has 0 aromatic heterocycles. The molecule has 1 atom stereocenters. The molecule has 1 aliphatic rings. The average molecular weight is 156 g/mol. The third-order valence-corrected chi connectivity index (χ3v) is 2.75. The summed E-state index contributed by atoms with van der Waals surface area (Å²) in [6.07, 6.45) is 3.76.